The third-order valence-corrected chi connectivity index (χ3v) is 12.3. The van der Waals surface area contributed by atoms with Crippen LogP contribution in [0.3, 0.4) is 0 Å². The minimum atomic E-state index is 0.00799. The van der Waals surface area contributed by atoms with Crippen LogP contribution in [0.5, 0.6) is 0 Å². The summed E-state index contributed by atoms with van der Waals surface area (Å²) in [6, 6.07) is 0. The van der Waals surface area contributed by atoms with Gasteiger partial charge in [0.05, 0.1) is 0 Å². The van der Waals surface area contributed by atoms with Crippen LogP contribution in [-0.4, -0.2) is 23.8 Å². The molecule has 2 rings (SSSR count). The molecule has 0 aliphatic carbocycles. The zero-order chi connectivity index (χ0) is 16.5. The van der Waals surface area contributed by atoms with Crippen molar-refractivity contribution in [2.45, 2.75) is 91.0 Å². The summed E-state index contributed by atoms with van der Waals surface area (Å²) in [5, 5.41) is 10.2. The second kappa shape index (κ2) is 4.35. The molecule has 21 heavy (non-hydrogen) atoms. The molecule has 2 bridgehead atoms. The molecule has 3 heteroatoms. The summed E-state index contributed by atoms with van der Waals surface area (Å²) in [5.41, 5.74) is 0.756. The Labute approximate surface area is 138 Å². The molecule has 2 aliphatic rings. The van der Waals surface area contributed by atoms with Crippen molar-refractivity contribution in [2.75, 3.05) is 0 Å². The van der Waals surface area contributed by atoms with E-state index in [-0.39, 0.29) is 30.5 Å². The first-order valence-corrected chi connectivity index (χ1v) is 9.98. The van der Waals surface area contributed by atoms with E-state index in [1.807, 2.05) is 0 Å². The number of hydrogen-bond donors (Lipinski definition) is 0. The van der Waals surface area contributed by atoms with E-state index in [4.69, 9.17) is 10.2 Å². The molecule has 0 saturated carbocycles. The molecular formula is C18H34N2Se. The van der Waals surface area contributed by atoms with E-state index >= 15 is 0 Å². The summed E-state index contributed by atoms with van der Waals surface area (Å²) in [6.45, 7) is 23.9. The van der Waals surface area contributed by atoms with Crippen LogP contribution >= 0.6 is 0 Å². The van der Waals surface area contributed by atoms with Gasteiger partial charge in [0.25, 0.3) is 0 Å². The quantitative estimate of drug-likeness (QED) is 0.512. The number of fused-ring (bicyclic) bond motifs is 2. The van der Waals surface area contributed by atoms with E-state index in [1.165, 1.54) is 12.8 Å². The second-order valence-electron chi connectivity index (χ2n) is 10.4. The van der Waals surface area contributed by atoms with Crippen LogP contribution in [-0.2, 0) is 0 Å². The van der Waals surface area contributed by atoms with Crippen molar-refractivity contribution in [1.29, 1.82) is 0 Å². The van der Waals surface area contributed by atoms with Crippen molar-refractivity contribution in [2.24, 2.45) is 31.9 Å². The van der Waals surface area contributed by atoms with Crippen LogP contribution in [0.4, 0.5) is 0 Å². The molecule has 0 aromatic rings. The summed E-state index contributed by atoms with van der Waals surface area (Å²) in [6.07, 6.45) is 2.49. The van der Waals surface area contributed by atoms with E-state index in [0.717, 1.165) is 0 Å². The number of nitrogens with zero attached hydrogens (tertiary/aromatic N) is 2. The van der Waals surface area contributed by atoms with Crippen LogP contribution in [0.2, 0.25) is 0 Å². The van der Waals surface area contributed by atoms with Gasteiger partial charge in [-0.3, -0.25) is 0 Å². The Morgan fingerprint density at radius 2 is 0.952 bits per heavy atom. The zero-order valence-corrected chi connectivity index (χ0v) is 17.4. The van der Waals surface area contributed by atoms with Gasteiger partial charge in [-0.1, -0.05) is 0 Å². The SMILES string of the molecule is CC(C)(C)C12N=NC(C(C)(C)C)([Se]1)C(C)(C)CCC2(C)C. The summed E-state index contributed by atoms with van der Waals surface area (Å²) in [4.78, 5) is 0. The van der Waals surface area contributed by atoms with Crippen LogP contribution in [0.1, 0.15) is 82.1 Å². The maximum absolute atomic E-state index is 5.10. The second-order valence-corrected chi connectivity index (χ2v) is 13.3. The Morgan fingerprint density at radius 3 is 1.19 bits per heavy atom. The summed E-state index contributed by atoms with van der Waals surface area (Å²) >= 11 is 0.361. The van der Waals surface area contributed by atoms with Gasteiger partial charge in [-0.15, -0.1) is 0 Å². The molecule has 0 spiro atoms. The van der Waals surface area contributed by atoms with E-state index in [1.54, 1.807) is 0 Å². The first kappa shape index (κ1) is 17.5. The predicted octanol–water partition coefficient (Wildman–Crippen LogP) is 5.49. The van der Waals surface area contributed by atoms with Gasteiger partial charge in [-0.05, 0) is 0 Å². The van der Waals surface area contributed by atoms with Gasteiger partial charge < -0.3 is 0 Å². The van der Waals surface area contributed by atoms with E-state index in [9.17, 15) is 0 Å². The zero-order valence-electron chi connectivity index (χ0n) is 15.7. The Kier molecular flexibility index (Phi) is 3.62. The van der Waals surface area contributed by atoms with Crippen LogP contribution < -0.4 is 0 Å². The molecule has 1 saturated heterocycles. The Bertz CT molecular complexity index is 423. The molecule has 2 heterocycles. The molecule has 0 radical (unpaired) electrons. The summed E-state index contributed by atoms with van der Waals surface area (Å²) in [5.74, 6) is 0. The first-order valence-electron chi connectivity index (χ1n) is 8.26. The Hall–Kier alpha value is 0.119. The molecule has 2 aliphatic heterocycles. The molecule has 0 amide bonds. The Balaban J connectivity index is 2.71. The first-order chi connectivity index (χ1) is 9.12. The van der Waals surface area contributed by atoms with Gasteiger partial charge in [-0.2, -0.15) is 0 Å². The van der Waals surface area contributed by atoms with Crippen molar-refractivity contribution < 1.29 is 0 Å². The molecule has 2 atom stereocenters. The maximum atomic E-state index is 5.10. The summed E-state index contributed by atoms with van der Waals surface area (Å²) in [7, 11) is 0. The Morgan fingerprint density at radius 1 is 0.667 bits per heavy atom. The molecular weight excluding hydrogens is 323 g/mol. The monoisotopic (exact) mass is 358 g/mol. The van der Waals surface area contributed by atoms with E-state index in [2.05, 4.69) is 69.2 Å². The van der Waals surface area contributed by atoms with Gasteiger partial charge in [0, 0.05) is 0 Å². The van der Waals surface area contributed by atoms with E-state index < -0.39 is 0 Å². The molecule has 0 N–H and O–H groups in total. The molecule has 1 fully saturated rings. The van der Waals surface area contributed by atoms with Crippen molar-refractivity contribution in [3.63, 3.8) is 0 Å². The van der Waals surface area contributed by atoms with Crippen molar-refractivity contribution in [3.05, 3.63) is 0 Å². The molecule has 0 aromatic heterocycles. The van der Waals surface area contributed by atoms with E-state index in [0.29, 0.717) is 15.0 Å². The fraction of sp³-hybridized carbons (Fsp3) is 1.00. The predicted molar refractivity (Wildman–Crippen MR) is 91.8 cm³/mol. The van der Waals surface area contributed by atoms with Gasteiger partial charge in [0.15, 0.2) is 0 Å². The third kappa shape index (κ3) is 2.10. The molecule has 122 valence electrons. The van der Waals surface area contributed by atoms with Crippen molar-refractivity contribution >= 4 is 15.0 Å². The molecule has 0 aromatic carbocycles. The topological polar surface area (TPSA) is 24.7 Å². The van der Waals surface area contributed by atoms with Crippen LogP contribution in [0.15, 0.2) is 10.2 Å². The number of azo groups is 1. The van der Waals surface area contributed by atoms with Gasteiger partial charge in [-0.25, -0.2) is 0 Å². The van der Waals surface area contributed by atoms with Gasteiger partial charge >= 0.3 is 138 Å². The third-order valence-electron chi connectivity index (χ3n) is 5.87. The van der Waals surface area contributed by atoms with Crippen molar-refractivity contribution in [3.8, 4) is 0 Å². The summed E-state index contributed by atoms with van der Waals surface area (Å²) < 4.78 is 0.0160. The molecule has 2 nitrogen and oxygen atoms in total. The van der Waals surface area contributed by atoms with Gasteiger partial charge in [0.2, 0.25) is 0 Å². The average molecular weight is 357 g/mol. The fourth-order valence-electron chi connectivity index (χ4n) is 4.54. The van der Waals surface area contributed by atoms with Crippen LogP contribution in [0.25, 0.3) is 0 Å². The minimum absolute atomic E-state index is 0.00799. The average Bonchev–Trinajstić information content (AvgIpc) is 2.66. The molecule has 2 unspecified atom stereocenters. The van der Waals surface area contributed by atoms with Gasteiger partial charge in [0.1, 0.15) is 0 Å². The standard InChI is InChI=1S/C18H34N2Se/c1-13(2,3)17-15(7,8)11-12-16(9,10)18(21-17,20-19-17)14(4,5)6/h11-12H2,1-10H3. The normalized spacial score (nSPS) is 38.4. The van der Waals surface area contributed by atoms with Crippen molar-refractivity contribution in [1.82, 2.24) is 0 Å². The van der Waals surface area contributed by atoms with Crippen LogP contribution in [0, 0.1) is 21.7 Å². The fourth-order valence-corrected chi connectivity index (χ4v) is 8.65. The number of rotatable bonds is 0. The number of hydrogen-bond acceptors (Lipinski definition) is 2.